The van der Waals surface area contributed by atoms with E-state index in [2.05, 4.69) is 61.9 Å². The van der Waals surface area contributed by atoms with Crippen molar-refractivity contribution in [2.24, 2.45) is 0 Å². The first-order chi connectivity index (χ1) is 10.9. The van der Waals surface area contributed by atoms with Crippen LogP contribution in [0.2, 0.25) is 0 Å². The molecule has 3 heteroatoms. The third-order valence-corrected chi connectivity index (χ3v) is 4.36. The zero-order valence-electron chi connectivity index (χ0n) is 14.5. The van der Waals surface area contributed by atoms with Crippen molar-refractivity contribution in [2.45, 2.75) is 46.6 Å². The van der Waals surface area contributed by atoms with E-state index in [1.165, 1.54) is 16.7 Å². The monoisotopic (exact) mass is 308 g/mol. The number of nitrogens with zero attached hydrogens (tertiary/aromatic N) is 1. The van der Waals surface area contributed by atoms with Crippen LogP contribution in [0.25, 0.3) is 11.0 Å². The number of ether oxygens (including phenoxy) is 1. The number of rotatable bonds is 4. The molecule has 1 N–H and O–H groups in total. The molecule has 3 rings (SSSR count). The molecule has 1 aromatic heterocycles. The lowest BCUT2D eigenvalue weighted by atomic mass is 10.0. The largest absolute Gasteiger partial charge is 0.483 e. The Kier molecular flexibility index (Phi) is 4.12. The van der Waals surface area contributed by atoms with Gasteiger partial charge in [0.2, 0.25) is 0 Å². The minimum Gasteiger partial charge on any atom is -0.483 e. The standard InChI is InChI=1S/C20H24N2O/c1-12(2)16-6-8-17(9-7-16)23-15(5)20-21-18-10-13(3)14(4)11-19(18)22-20/h6-12,15H,1-5H3,(H,21,22). The third-order valence-electron chi connectivity index (χ3n) is 4.36. The van der Waals surface area contributed by atoms with Gasteiger partial charge in [0, 0.05) is 0 Å². The summed E-state index contributed by atoms with van der Waals surface area (Å²) in [5.74, 6) is 2.26. The Labute approximate surface area is 137 Å². The first-order valence-electron chi connectivity index (χ1n) is 8.17. The van der Waals surface area contributed by atoms with Gasteiger partial charge in [-0.15, -0.1) is 0 Å². The lowest BCUT2D eigenvalue weighted by Gasteiger charge is -2.13. The fourth-order valence-electron chi connectivity index (χ4n) is 2.67. The van der Waals surface area contributed by atoms with Crippen LogP contribution >= 0.6 is 0 Å². The molecular weight excluding hydrogens is 284 g/mol. The lowest BCUT2D eigenvalue weighted by Crippen LogP contribution is -2.05. The molecule has 0 aliphatic heterocycles. The van der Waals surface area contributed by atoms with E-state index in [-0.39, 0.29) is 6.10 Å². The van der Waals surface area contributed by atoms with Crippen LogP contribution in [-0.2, 0) is 0 Å². The number of hydrogen-bond donors (Lipinski definition) is 1. The van der Waals surface area contributed by atoms with Crippen LogP contribution in [0.1, 0.15) is 55.3 Å². The second-order valence-electron chi connectivity index (χ2n) is 6.56. The first kappa shape index (κ1) is 15.6. The average Bonchev–Trinajstić information content (AvgIpc) is 2.91. The molecular formula is C20H24N2O. The Bertz CT molecular complexity index is 777. The highest BCUT2D eigenvalue weighted by atomic mass is 16.5. The van der Waals surface area contributed by atoms with E-state index in [9.17, 15) is 0 Å². The third kappa shape index (κ3) is 3.24. The van der Waals surface area contributed by atoms with Gasteiger partial charge in [0.25, 0.3) is 0 Å². The molecule has 0 amide bonds. The minimum atomic E-state index is -0.118. The van der Waals surface area contributed by atoms with Crippen molar-refractivity contribution in [3.8, 4) is 5.75 Å². The van der Waals surface area contributed by atoms with Crippen molar-refractivity contribution in [1.82, 2.24) is 9.97 Å². The molecule has 0 fully saturated rings. The van der Waals surface area contributed by atoms with Crippen molar-refractivity contribution in [2.75, 3.05) is 0 Å². The van der Waals surface area contributed by atoms with E-state index in [0.29, 0.717) is 5.92 Å². The predicted octanol–water partition coefficient (Wildman–Crippen LogP) is 5.44. The summed E-state index contributed by atoms with van der Waals surface area (Å²) in [5.41, 5.74) is 5.90. The molecule has 0 saturated carbocycles. The highest BCUT2D eigenvalue weighted by molar-refractivity contribution is 5.77. The summed E-state index contributed by atoms with van der Waals surface area (Å²) < 4.78 is 6.03. The van der Waals surface area contributed by atoms with Crippen molar-refractivity contribution in [1.29, 1.82) is 0 Å². The fourth-order valence-corrected chi connectivity index (χ4v) is 2.67. The molecule has 0 radical (unpaired) electrons. The maximum absolute atomic E-state index is 6.03. The molecule has 0 spiro atoms. The second kappa shape index (κ2) is 6.07. The molecule has 120 valence electrons. The first-order valence-corrected chi connectivity index (χ1v) is 8.17. The number of aromatic amines is 1. The Morgan fingerprint density at radius 2 is 1.61 bits per heavy atom. The Balaban J connectivity index is 1.81. The Hall–Kier alpha value is -2.29. The number of aryl methyl sites for hydroxylation is 2. The van der Waals surface area contributed by atoms with Crippen LogP contribution in [0.15, 0.2) is 36.4 Å². The van der Waals surface area contributed by atoms with Gasteiger partial charge in [-0.2, -0.15) is 0 Å². The number of aromatic nitrogens is 2. The molecule has 23 heavy (non-hydrogen) atoms. The zero-order valence-corrected chi connectivity index (χ0v) is 14.5. The molecule has 0 saturated heterocycles. The summed E-state index contributed by atoms with van der Waals surface area (Å²) in [6, 6.07) is 12.6. The molecule has 0 aliphatic rings. The number of nitrogens with one attached hydrogen (secondary N) is 1. The average molecular weight is 308 g/mol. The highest BCUT2D eigenvalue weighted by Gasteiger charge is 2.13. The van der Waals surface area contributed by atoms with Gasteiger partial charge in [-0.1, -0.05) is 26.0 Å². The van der Waals surface area contributed by atoms with Crippen LogP contribution in [0.5, 0.6) is 5.75 Å². The summed E-state index contributed by atoms with van der Waals surface area (Å²) in [6.45, 7) is 10.6. The van der Waals surface area contributed by atoms with Crippen LogP contribution in [-0.4, -0.2) is 9.97 Å². The lowest BCUT2D eigenvalue weighted by molar-refractivity contribution is 0.218. The summed E-state index contributed by atoms with van der Waals surface area (Å²) in [4.78, 5) is 8.05. The maximum atomic E-state index is 6.03. The number of fused-ring (bicyclic) bond motifs is 1. The van der Waals surface area contributed by atoms with E-state index < -0.39 is 0 Å². The summed E-state index contributed by atoms with van der Waals surface area (Å²) in [7, 11) is 0. The molecule has 1 unspecified atom stereocenters. The van der Waals surface area contributed by atoms with Crippen molar-refractivity contribution < 1.29 is 4.74 Å². The molecule has 3 aromatic rings. The van der Waals surface area contributed by atoms with E-state index in [1.807, 2.05) is 19.1 Å². The molecule has 0 aliphatic carbocycles. The fraction of sp³-hybridized carbons (Fsp3) is 0.350. The SMILES string of the molecule is Cc1cc2nc(C(C)Oc3ccc(C(C)C)cc3)[nH]c2cc1C. The molecule has 1 heterocycles. The van der Waals surface area contributed by atoms with E-state index in [1.54, 1.807) is 0 Å². The predicted molar refractivity (Wildman–Crippen MR) is 95.1 cm³/mol. The van der Waals surface area contributed by atoms with Gasteiger partial charge < -0.3 is 9.72 Å². The Morgan fingerprint density at radius 3 is 2.26 bits per heavy atom. The number of hydrogen-bond acceptors (Lipinski definition) is 2. The quantitative estimate of drug-likeness (QED) is 0.696. The van der Waals surface area contributed by atoms with Gasteiger partial charge in [0.1, 0.15) is 11.6 Å². The number of H-pyrrole nitrogens is 1. The normalized spacial score (nSPS) is 12.8. The second-order valence-corrected chi connectivity index (χ2v) is 6.56. The maximum Gasteiger partial charge on any atom is 0.153 e. The van der Waals surface area contributed by atoms with Crippen LogP contribution in [0, 0.1) is 13.8 Å². The topological polar surface area (TPSA) is 37.9 Å². The van der Waals surface area contributed by atoms with E-state index >= 15 is 0 Å². The molecule has 1 atom stereocenters. The van der Waals surface area contributed by atoms with Gasteiger partial charge in [0.15, 0.2) is 6.10 Å². The van der Waals surface area contributed by atoms with Crippen molar-refractivity contribution in [3.05, 3.63) is 58.9 Å². The van der Waals surface area contributed by atoms with Crippen LogP contribution in [0.3, 0.4) is 0 Å². The zero-order chi connectivity index (χ0) is 16.6. The van der Waals surface area contributed by atoms with Crippen molar-refractivity contribution in [3.63, 3.8) is 0 Å². The van der Waals surface area contributed by atoms with Crippen molar-refractivity contribution >= 4 is 11.0 Å². The van der Waals surface area contributed by atoms with E-state index in [0.717, 1.165) is 22.6 Å². The van der Waals surface area contributed by atoms with Gasteiger partial charge >= 0.3 is 0 Å². The van der Waals surface area contributed by atoms with Gasteiger partial charge in [-0.3, -0.25) is 0 Å². The number of benzene rings is 2. The summed E-state index contributed by atoms with van der Waals surface area (Å²) in [5, 5.41) is 0. The summed E-state index contributed by atoms with van der Waals surface area (Å²) >= 11 is 0. The minimum absolute atomic E-state index is 0.118. The summed E-state index contributed by atoms with van der Waals surface area (Å²) in [6.07, 6.45) is -0.118. The highest BCUT2D eigenvalue weighted by Crippen LogP contribution is 2.25. The van der Waals surface area contributed by atoms with Gasteiger partial charge in [-0.05, 0) is 67.6 Å². The Morgan fingerprint density at radius 1 is 0.957 bits per heavy atom. The molecule has 3 nitrogen and oxygen atoms in total. The van der Waals surface area contributed by atoms with Gasteiger partial charge in [-0.25, -0.2) is 4.98 Å². The number of imidazole rings is 1. The van der Waals surface area contributed by atoms with E-state index in [4.69, 9.17) is 4.74 Å². The smallest absolute Gasteiger partial charge is 0.153 e. The molecule has 0 bridgehead atoms. The van der Waals surface area contributed by atoms with Gasteiger partial charge in [0.05, 0.1) is 11.0 Å². The molecule has 2 aromatic carbocycles. The van der Waals surface area contributed by atoms with Crippen LogP contribution < -0.4 is 4.74 Å². The van der Waals surface area contributed by atoms with Crippen LogP contribution in [0.4, 0.5) is 0 Å².